The van der Waals surface area contributed by atoms with E-state index >= 15 is 0 Å². The fourth-order valence-corrected chi connectivity index (χ4v) is 3.25. The Kier molecular flexibility index (Phi) is 3.22. The van der Waals surface area contributed by atoms with Crippen molar-refractivity contribution >= 4 is 17.7 Å². The van der Waals surface area contributed by atoms with Crippen LogP contribution in [0.2, 0.25) is 0 Å². The quantitative estimate of drug-likeness (QED) is 0.739. The van der Waals surface area contributed by atoms with Crippen LogP contribution in [0.1, 0.15) is 0 Å². The van der Waals surface area contributed by atoms with Crippen molar-refractivity contribution < 1.29 is 9.53 Å². The molecule has 92 valence electrons. The lowest BCUT2D eigenvalue weighted by Gasteiger charge is -2.28. The third kappa shape index (κ3) is 2.27. The lowest BCUT2D eigenvalue weighted by Crippen LogP contribution is -2.41. The molecule has 4 nitrogen and oxygen atoms in total. The zero-order chi connectivity index (χ0) is 11.7. The Bertz CT molecular complexity index is 386. The van der Waals surface area contributed by atoms with Crippen LogP contribution in [-0.4, -0.2) is 60.9 Å². The van der Waals surface area contributed by atoms with Gasteiger partial charge in [0.05, 0.1) is 18.8 Å². The summed E-state index contributed by atoms with van der Waals surface area (Å²) in [6, 6.07) is 0. The molecular weight excluding hydrogens is 236 g/mol. The number of carbonyl (C=O) groups is 1. The summed E-state index contributed by atoms with van der Waals surface area (Å²) in [6.45, 7) is 5.33. The fourth-order valence-electron chi connectivity index (χ4n) is 2.29. The van der Waals surface area contributed by atoms with Crippen molar-refractivity contribution in [3.8, 4) is 0 Å². The van der Waals surface area contributed by atoms with Crippen LogP contribution in [0.5, 0.6) is 0 Å². The first-order chi connectivity index (χ1) is 8.34. The Morgan fingerprint density at radius 1 is 1.29 bits per heavy atom. The summed E-state index contributed by atoms with van der Waals surface area (Å²) in [5.74, 6) is 1.13. The normalized spacial score (nSPS) is 24.9. The van der Waals surface area contributed by atoms with Gasteiger partial charge < -0.3 is 9.64 Å². The molecule has 0 atom stereocenters. The van der Waals surface area contributed by atoms with E-state index < -0.39 is 0 Å². The lowest BCUT2D eigenvalue weighted by atomic mass is 10.2. The second-order valence-electron chi connectivity index (χ2n) is 4.37. The van der Waals surface area contributed by atoms with Crippen LogP contribution in [0.4, 0.5) is 0 Å². The van der Waals surface area contributed by atoms with Crippen molar-refractivity contribution in [1.29, 1.82) is 0 Å². The summed E-state index contributed by atoms with van der Waals surface area (Å²) in [5, 5.41) is 0. The number of hydrogen-bond acceptors (Lipinski definition) is 4. The highest BCUT2D eigenvalue weighted by atomic mass is 32.2. The van der Waals surface area contributed by atoms with Gasteiger partial charge in [0.15, 0.2) is 0 Å². The predicted molar refractivity (Wildman–Crippen MR) is 67.6 cm³/mol. The van der Waals surface area contributed by atoms with Gasteiger partial charge in [-0.25, -0.2) is 0 Å². The maximum Gasteiger partial charge on any atom is 0.258 e. The number of carbonyl (C=O) groups excluding carboxylic acids is 1. The van der Waals surface area contributed by atoms with Gasteiger partial charge in [0, 0.05) is 43.0 Å². The first kappa shape index (κ1) is 11.3. The molecule has 1 amide bonds. The highest BCUT2D eigenvalue weighted by Gasteiger charge is 2.30. The molecular formula is C12H16N2O2S. The topological polar surface area (TPSA) is 32.8 Å². The molecule has 0 aliphatic carbocycles. The molecule has 3 aliphatic heterocycles. The molecule has 0 aromatic rings. The number of fused-ring (bicyclic) bond motifs is 1. The minimum atomic E-state index is 0.179. The number of nitrogens with zero attached hydrogens (tertiary/aromatic N) is 2. The van der Waals surface area contributed by atoms with Crippen molar-refractivity contribution in [3.63, 3.8) is 0 Å². The standard InChI is InChI=1S/C12H16N2O2S/c15-12-10-1-8-17-11(10)9-14(12)3-2-13-4-6-16-7-5-13/h1,9H,2-8H2. The molecule has 3 heterocycles. The summed E-state index contributed by atoms with van der Waals surface area (Å²) in [6.07, 6.45) is 4.04. The van der Waals surface area contributed by atoms with Gasteiger partial charge in [0.2, 0.25) is 0 Å². The summed E-state index contributed by atoms with van der Waals surface area (Å²) < 4.78 is 5.31. The molecule has 0 N–H and O–H groups in total. The van der Waals surface area contributed by atoms with E-state index in [4.69, 9.17) is 4.74 Å². The van der Waals surface area contributed by atoms with E-state index in [1.165, 1.54) is 0 Å². The van der Waals surface area contributed by atoms with Crippen LogP contribution >= 0.6 is 11.8 Å². The van der Waals surface area contributed by atoms with Gasteiger partial charge in [0.25, 0.3) is 5.91 Å². The SMILES string of the molecule is O=C1C2=CCSC2=CN1CCN1CCOCC1. The van der Waals surface area contributed by atoms with Crippen molar-refractivity contribution in [2.75, 3.05) is 45.1 Å². The van der Waals surface area contributed by atoms with Crippen molar-refractivity contribution in [1.82, 2.24) is 9.80 Å². The average molecular weight is 252 g/mol. The highest BCUT2D eigenvalue weighted by Crippen LogP contribution is 2.36. The number of hydrogen-bond donors (Lipinski definition) is 0. The van der Waals surface area contributed by atoms with Gasteiger partial charge in [-0.05, 0) is 0 Å². The summed E-state index contributed by atoms with van der Waals surface area (Å²) in [4.78, 5) is 17.4. The third-order valence-corrected chi connectivity index (χ3v) is 4.29. The van der Waals surface area contributed by atoms with E-state index in [-0.39, 0.29) is 5.91 Å². The number of amides is 1. The number of morpholine rings is 1. The monoisotopic (exact) mass is 252 g/mol. The molecule has 1 saturated heterocycles. The van der Waals surface area contributed by atoms with Gasteiger partial charge in [-0.15, -0.1) is 11.8 Å². The lowest BCUT2D eigenvalue weighted by molar-refractivity contribution is -0.123. The van der Waals surface area contributed by atoms with Crippen molar-refractivity contribution in [2.24, 2.45) is 0 Å². The molecule has 0 saturated carbocycles. The van der Waals surface area contributed by atoms with Gasteiger partial charge in [-0.2, -0.15) is 0 Å². The first-order valence-corrected chi connectivity index (χ1v) is 6.99. The van der Waals surface area contributed by atoms with E-state index in [1.807, 2.05) is 17.2 Å². The fraction of sp³-hybridized carbons (Fsp3) is 0.583. The molecule has 0 radical (unpaired) electrons. The Morgan fingerprint density at radius 3 is 2.88 bits per heavy atom. The number of thioether (sulfide) groups is 1. The maximum atomic E-state index is 12.0. The van der Waals surface area contributed by atoms with Crippen LogP contribution in [0.25, 0.3) is 0 Å². The third-order valence-electron chi connectivity index (χ3n) is 3.32. The van der Waals surface area contributed by atoms with Crippen molar-refractivity contribution in [3.05, 3.63) is 22.8 Å². The summed E-state index contributed by atoms with van der Waals surface area (Å²) in [7, 11) is 0. The summed E-state index contributed by atoms with van der Waals surface area (Å²) >= 11 is 1.75. The van der Waals surface area contributed by atoms with Gasteiger partial charge in [-0.3, -0.25) is 9.69 Å². The van der Waals surface area contributed by atoms with Crippen LogP contribution in [-0.2, 0) is 9.53 Å². The maximum absolute atomic E-state index is 12.0. The molecule has 0 bridgehead atoms. The molecule has 5 heteroatoms. The molecule has 0 aromatic carbocycles. The van der Waals surface area contributed by atoms with Crippen LogP contribution in [0, 0.1) is 0 Å². The Hall–Kier alpha value is -0.780. The Balaban J connectivity index is 1.54. The Labute approximate surface area is 105 Å². The first-order valence-electron chi connectivity index (χ1n) is 6.01. The second kappa shape index (κ2) is 4.84. The molecule has 1 fully saturated rings. The molecule has 17 heavy (non-hydrogen) atoms. The molecule has 3 aliphatic rings. The van der Waals surface area contributed by atoms with E-state index in [9.17, 15) is 4.79 Å². The van der Waals surface area contributed by atoms with Crippen LogP contribution in [0.15, 0.2) is 22.8 Å². The zero-order valence-electron chi connectivity index (χ0n) is 9.72. The highest BCUT2D eigenvalue weighted by molar-refractivity contribution is 8.03. The van der Waals surface area contributed by atoms with Gasteiger partial charge in [-0.1, -0.05) is 6.08 Å². The van der Waals surface area contributed by atoms with Crippen LogP contribution < -0.4 is 0 Å². The van der Waals surface area contributed by atoms with Crippen molar-refractivity contribution in [2.45, 2.75) is 0 Å². The number of ether oxygens (including phenoxy) is 1. The molecule has 3 rings (SSSR count). The zero-order valence-corrected chi connectivity index (χ0v) is 10.5. The van der Waals surface area contributed by atoms with E-state index in [0.29, 0.717) is 0 Å². The smallest absolute Gasteiger partial charge is 0.258 e. The molecule has 0 unspecified atom stereocenters. The van der Waals surface area contributed by atoms with E-state index in [0.717, 1.165) is 55.6 Å². The molecule has 0 spiro atoms. The number of rotatable bonds is 3. The largest absolute Gasteiger partial charge is 0.379 e. The van der Waals surface area contributed by atoms with Gasteiger partial charge in [0.1, 0.15) is 0 Å². The minimum Gasteiger partial charge on any atom is -0.379 e. The Morgan fingerprint density at radius 2 is 2.12 bits per heavy atom. The molecule has 0 aromatic heterocycles. The van der Waals surface area contributed by atoms with Crippen LogP contribution in [0.3, 0.4) is 0 Å². The van der Waals surface area contributed by atoms with Gasteiger partial charge >= 0.3 is 0 Å². The van der Waals surface area contributed by atoms with E-state index in [2.05, 4.69) is 4.90 Å². The predicted octanol–water partition coefficient (Wildman–Crippen LogP) is 0.675. The van der Waals surface area contributed by atoms with E-state index in [1.54, 1.807) is 11.8 Å². The summed E-state index contributed by atoms with van der Waals surface area (Å²) in [5.41, 5.74) is 0.914. The average Bonchev–Trinajstić information content (AvgIpc) is 2.92. The minimum absolute atomic E-state index is 0.179. The second-order valence-corrected chi connectivity index (χ2v) is 5.44.